The molecule has 0 aliphatic carbocycles. The largest absolute Gasteiger partial charge is 0.497 e. The number of benzene rings is 2. The number of rotatable bonds is 5. The Labute approximate surface area is 156 Å². The highest BCUT2D eigenvalue weighted by atomic mass is 16.5. The third-order valence-electron chi connectivity index (χ3n) is 4.40. The van der Waals surface area contributed by atoms with Crippen LogP contribution in [0.4, 0.5) is 5.69 Å². The van der Waals surface area contributed by atoms with Crippen LogP contribution in [0.1, 0.15) is 12.8 Å². The summed E-state index contributed by atoms with van der Waals surface area (Å²) in [6.45, 7) is 0.644. The number of ether oxygens (including phenoxy) is 2. The SMILES string of the molecule is COc1ccc(-c2noc(-c3ccc(NC(=O)C4CCCO4)cc3)n2)cc1. The molecule has 1 aromatic heterocycles. The minimum Gasteiger partial charge on any atom is -0.497 e. The Morgan fingerprint density at radius 3 is 2.52 bits per heavy atom. The van der Waals surface area contributed by atoms with Gasteiger partial charge in [0.1, 0.15) is 11.9 Å². The van der Waals surface area contributed by atoms with Crippen molar-refractivity contribution in [3.8, 4) is 28.6 Å². The van der Waals surface area contributed by atoms with Crippen LogP contribution in [-0.2, 0) is 9.53 Å². The van der Waals surface area contributed by atoms with Gasteiger partial charge in [-0.3, -0.25) is 4.79 Å². The molecule has 1 fully saturated rings. The van der Waals surface area contributed by atoms with Gasteiger partial charge in [0.05, 0.1) is 7.11 Å². The molecule has 0 spiro atoms. The Hall–Kier alpha value is -3.19. The molecule has 0 saturated carbocycles. The normalized spacial score (nSPS) is 16.3. The zero-order valence-corrected chi connectivity index (χ0v) is 14.8. The molecule has 0 radical (unpaired) electrons. The molecule has 7 nitrogen and oxygen atoms in total. The van der Waals surface area contributed by atoms with Crippen molar-refractivity contribution >= 4 is 11.6 Å². The standard InChI is InChI=1S/C20H19N3O4/c1-25-16-10-6-13(7-11-16)18-22-20(27-23-18)14-4-8-15(9-5-14)21-19(24)17-3-2-12-26-17/h4-11,17H,2-3,12H2,1H3,(H,21,24). The minimum atomic E-state index is -0.354. The molecular formula is C20H19N3O4. The van der Waals surface area contributed by atoms with Crippen LogP contribution in [0.15, 0.2) is 53.1 Å². The molecule has 2 heterocycles. The molecule has 1 unspecified atom stereocenters. The van der Waals surface area contributed by atoms with Crippen molar-refractivity contribution in [3.63, 3.8) is 0 Å². The molecule has 1 saturated heterocycles. The second-order valence-corrected chi connectivity index (χ2v) is 6.22. The lowest BCUT2D eigenvalue weighted by Crippen LogP contribution is -2.26. The number of nitrogens with zero attached hydrogens (tertiary/aromatic N) is 2. The Balaban J connectivity index is 1.45. The highest BCUT2D eigenvalue weighted by Gasteiger charge is 2.23. The van der Waals surface area contributed by atoms with Gasteiger partial charge in [-0.05, 0) is 61.4 Å². The maximum Gasteiger partial charge on any atom is 0.258 e. The second kappa shape index (κ2) is 7.59. The summed E-state index contributed by atoms with van der Waals surface area (Å²) in [5.41, 5.74) is 2.32. The van der Waals surface area contributed by atoms with Crippen LogP contribution < -0.4 is 10.1 Å². The Bertz CT molecular complexity index is 913. The van der Waals surface area contributed by atoms with E-state index in [2.05, 4.69) is 15.5 Å². The number of anilines is 1. The molecule has 1 aliphatic heterocycles. The van der Waals surface area contributed by atoms with Gasteiger partial charge in [-0.2, -0.15) is 4.98 Å². The fraction of sp³-hybridized carbons (Fsp3) is 0.250. The van der Waals surface area contributed by atoms with E-state index in [4.69, 9.17) is 14.0 Å². The number of amides is 1. The molecule has 7 heteroatoms. The van der Waals surface area contributed by atoms with Gasteiger partial charge in [-0.1, -0.05) is 5.16 Å². The summed E-state index contributed by atoms with van der Waals surface area (Å²) in [7, 11) is 1.62. The van der Waals surface area contributed by atoms with Crippen LogP contribution in [0.25, 0.3) is 22.8 Å². The number of methoxy groups -OCH3 is 1. The van der Waals surface area contributed by atoms with Gasteiger partial charge in [0, 0.05) is 23.4 Å². The van der Waals surface area contributed by atoms with Crippen molar-refractivity contribution in [2.45, 2.75) is 18.9 Å². The van der Waals surface area contributed by atoms with Gasteiger partial charge < -0.3 is 19.3 Å². The summed E-state index contributed by atoms with van der Waals surface area (Å²) in [4.78, 5) is 16.5. The van der Waals surface area contributed by atoms with Gasteiger partial charge in [0.15, 0.2) is 0 Å². The van der Waals surface area contributed by atoms with Gasteiger partial charge in [0.25, 0.3) is 11.8 Å². The highest BCUT2D eigenvalue weighted by Crippen LogP contribution is 2.25. The van der Waals surface area contributed by atoms with E-state index < -0.39 is 0 Å². The summed E-state index contributed by atoms with van der Waals surface area (Å²) in [5.74, 6) is 1.57. The molecular weight excluding hydrogens is 346 g/mol. The first-order chi connectivity index (χ1) is 13.2. The number of hydrogen-bond donors (Lipinski definition) is 1. The number of hydrogen-bond acceptors (Lipinski definition) is 6. The molecule has 138 valence electrons. The van der Waals surface area contributed by atoms with Crippen molar-refractivity contribution in [1.82, 2.24) is 10.1 Å². The van der Waals surface area contributed by atoms with Crippen molar-refractivity contribution in [3.05, 3.63) is 48.5 Å². The van der Waals surface area contributed by atoms with Crippen LogP contribution in [0.2, 0.25) is 0 Å². The lowest BCUT2D eigenvalue weighted by Gasteiger charge is -2.10. The molecule has 4 rings (SSSR count). The highest BCUT2D eigenvalue weighted by molar-refractivity contribution is 5.94. The van der Waals surface area contributed by atoms with Crippen molar-refractivity contribution < 1.29 is 18.8 Å². The summed E-state index contributed by atoms with van der Waals surface area (Å²) < 4.78 is 15.9. The topological polar surface area (TPSA) is 86.5 Å². The van der Waals surface area contributed by atoms with E-state index in [0.29, 0.717) is 24.0 Å². The second-order valence-electron chi connectivity index (χ2n) is 6.22. The third-order valence-corrected chi connectivity index (χ3v) is 4.40. The summed E-state index contributed by atoms with van der Waals surface area (Å²) in [6.07, 6.45) is 1.33. The zero-order chi connectivity index (χ0) is 18.6. The van der Waals surface area contributed by atoms with Gasteiger partial charge in [0.2, 0.25) is 5.82 Å². The Kier molecular flexibility index (Phi) is 4.84. The van der Waals surface area contributed by atoms with Crippen LogP contribution in [-0.4, -0.2) is 35.9 Å². The van der Waals surface area contributed by atoms with E-state index in [9.17, 15) is 4.79 Å². The summed E-state index contributed by atoms with van der Waals surface area (Å²) in [6, 6.07) is 14.7. The predicted octanol–water partition coefficient (Wildman–Crippen LogP) is 3.53. The van der Waals surface area contributed by atoms with Crippen molar-refractivity contribution in [2.75, 3.05) is 19.0 Å². The van der Waals surface area contributed by atoms with Crippen LogP contribution >= 0.6 is 0 Å². The van der Waals surface area contributed by atoms with Gasteiger partial charge in [-0.25, -0.2) is 0 Å². The van der Waals surface area contributed by atoms with Crippen LogP contribution in [0.5, 0.6) is 5.75 Å². The van der Waals surface area contributed by atoms with E-state index in [-0.39, 0.29) is 12.0 Å². The first kappa shape index (κ1) is 17.2. The molecule has 2 aromatic carbocycles. The maximum atomic E-state index is 12.1. The molecule has 3 aromatic rings. The number of aromatic nitrogens is 2. The Morgan fingerprint density at radius 1 is 1.11 bits per heavy atom. The number of carbonyl (C=O) groups excluding carboxylic acids is 1. The number of nitrogens with one attached hydrogen (secondary N) is 1. The smallest absolute Gasteiger partial charge is 0.258 e. The van der Waals surface area contributed by atoms with Crippen LogP contribution in [0, 0.1) is 0 Å². The average molecular weight is 365 g/mol. The molecule has 1 N–H and O–H groups in total. The molecule has 1 aliphatic rings. The maximum absolute atomic E-state index is 12.1. The molecule has 0 bridgehead atoms. The van der Waals surface area contributed by atoms with Gasteiger partial charge >= 0.3 is 0 Å². The van der Waals surface area contributed by atoms with Crippen molar-refractivity contribution in [2.24, 2.45) is 0 Å². The number of carbonyl (C=O) groups is 1. The third kappa shape index (κ3) is 3.83. The van der Waals surface area contributed by atoms with E-state index in [0.717, 1.165) is 29.7 Å². The quantitative estimate of drug-likeness (QED) is 0.744. The van der Waals surface area contributed by atoms with Crippen molar-refractivity contribution in [1.29, 1.82) is 0 Å². The fourth-order valence-corrected chi connectivity index (χ4v) is 2.90. The van der Waals surface area contributed by atoms with E-state index in [1.54, 1.807) is 19.2 Å². The van der Waals surface area contributed by atoms with E-state index in [1.807, 2.05) is 36.4 Å². The minimum absolute atomic E-state index is 0.111. The molecule has 1 amide bonds. The average Bonchev–Trinajstić information content (AvgIpc) is 3.41. The fourth-order valence-electron chi connectivity index (χ4n) is 2.90. The zero-order valence-electron chi connectivity index (χ0n) is 14.8. The molecule has 27 heavy (non-hydrogen) atoms. The first-order valence-corrected chi connectivity index (χ1v) is 8.74. The summed E-state index contributed by atoms with van der Waals surface area (Å²) in [5, 5.41) is 6.89. The monoisotopic (exact) mass is 365 g/mol. The summed E-state index contributed by atoms with van der Waals surface area (Å²) >= 11 is 0. The van der Waals surface area contributed by atoms with E-state index >= 15 is 0 Å². The lowest BCUT2D eigenvalue weighted by molar-refractivity contribution is -0.124. The Morgan fingerprint density at radius 2 is 1.85 bits per heavy atom. The molecule has 1 atom stereocenters. The first-order valence-electron chi connectivity index (χ1n) is 8.74. The lowest BCUT2D eigenvalue weighted by atomic mass is 10.2. The van der Waals surface area contributed by atoms with Crippen LogP contribution in [0.3, 0.4) is 0 Å². The predicted molar refractivity (Wildman–Crippen MR) is 99.3 cm³/mol. The van der Waals surface area contributed by atoms with E-state index in [1.165, 1.54) is 0 Å². The van der Waals surface area contributed by atoms with Gasteiger partial charge in [-0.15, -0.1) is 0 Å².